The molecule has 2 aromatic heterocycles. The zero-order chi connectivity index (χ0) is 19.1. The molecule has 0 N–H and O–H groups in total. The van der Waals surface area contributed by atoms with Crippen LogP contribution in [0.25, 0.3) is 10.2 Å². The van der Waals surface area contributed by atoms with E-state index in [4.69, 9.17) is 0 Å². The summed E-state index contributed by atoms with van der Waals surface area (Å²) in [5.74, 6) is -0.0252. The lowest BCUT2D eigenvalue weighted by atomic mass is 10.00. The smallest absolute Gasteiger partial charge is 0.331 e. The lowest BCUT2D eigenvalue weighted by Gasteiger charge is -2.40. The standard InChI is InChI=1S/C19H26N4O3S/c1-20-16(24)14-12-15(27-18(14)21(2)19(20)26)17(25)23-10-6-13(7-11-23)22-8-4-3-5-9-22/h12-13H,3-11H2,1-2H3. The number of aromatic nitrogens is 2. The van der Waals surface area contributed by atoms with Crippen molar-refractivity contribution >= 4 is 27.5 Å². The van der Waals surface area contributed by atoms with E-state index in [1.165, 1.54) is 55.3 Å². The van der Waals surface area contributed by atoms with Crippen LogP contribution in [0.5, 0.6) is 0 Å². The largest absolute Gasteiger partial charge is 0.338 e. The fraction of sp³-hybridized carbons (Fsp3) is 0.632. The fourth-order valence-corrected chi connectivity index (χ4v) is 5.41. The predicted octanol–water partition coefficient (Wildman–Crippen LogP) is 1.39. The molecule has 0 aromatic carbocycles. The first-order valence-electron chi connectivity index (χ1n) is 9.70. The molecular formula is C19H26N4O3S. The molecule has 2 fully saturated rings. The minimum Gasteiger partial charge on any atom is -0.338 e. The Morgan fingerprint density at radius 3 is 2.33 bits per heavy atom. The highest BCUT2D eigenvalue weighted by Gasteiger charge is 2.29. The van der Waals surface area contributed by atoms with Crippen LogP contribution in [-0.4, -0.2) is 57.1 Å². The van der Waals surface area contributed by atoms with Gasteiger partial charge in [0.25, 0.3) is 11.5 Å². The number of carbonyl (C=O) groups excluding carboxylic acids is 1. The van der Waals surface area contributed by atoms with Crippen LogP contribution < -0.4 is 11.2 Å². The first kappa shape index (κ1) is 18.4. The molecule has 2 aromatic rings. The summed E-state index contributed by atoms with van der Waals surface area (Å²) in [6.45, 7) is 3.88. The Morgan fingerprint density at radius 2 is 1.67 bits per heavy atom. The number of hydrogen-bond donors (Lipinski definition) is 0. The van der Waals surface area contributed by atoms with Crippen LogP contribution in [0, 0.1) is 0 Å². The molecule has 4 rings (SSSR count). The van der Waals surface area contributed by atoms with E-state index >= 15 is 0 Å². The van der Waals surface area contributed by atoms with Crippen LogP contribution in [0.3, 0.4) is 0 Å². The van der Waals surface area contributed by atoms with Gasteiger partial charge in [0.1, 0.15) is 4.83 Å². The maximum Gasteiger partial charge on any atom is 0.331 e. The lowest BCUT2D eigenvalue weighted by molar-refractivity contribution is 0.0594. The molecule has 2 aliphatic heterocycles. The number of amides is 1. The van der Waals surface area contributed by atoms with Gasteiger partial charge in [-0.2, -0.15) is 0 Å². The Bertz CT molecular complexity index is 975. The van der Waals surface area contributed by atoms with E-state index in [-0.39, 0.29) is 17.2 Å². The molecule has 0 atom stereocenters. The van der Waals surface area contributed by atoms with Crippen molar-refractivity contribution in [3.05, 3.63) is 31.8 Å². The maximum absolute atomic E-state index is 13.0. The van der Waals surface area contributed by atoms with Gasteiger partial charge in [-0.3, -0.25) is 18.7 Å². The number of nitrogens with zero attached hydrogens (tertiary/aromatic N) is 4. The van der Waals surface area contributed by atoms with Crippen molar-refractivity contribution in [3.8, 4) is 0 Å². The molecular weight excluding hydrogens is 364 g/mol. The Labute approximate surface area is 161 Å². The van der Waals surface area contributed by atoms with Gasteiger partial charge in [-0.05, 0) is 44.8 Å². The van der Waals surface area contributed by atoms with Gasteiger partial charge in [0.2, 0.25) is 0 Å². The number of rotatable bonds is 2. The van der Waals surface area contributed by atoms with Crippen molar-refractivity contribution in [2.75, 3.05) is 26.2 Å². The number of thiophene rings is 1. The van der Waals surface area contributed by atoms with E-state index in [0.29, 0.717) is 21.1 Å². The summed E-state index contributed by atoms with van der Waals surface area (Å²) in [6.07, 6.45) is 5.93. The van der Waals surface area contributed by atoms with Gasteiger partial charge in [-0.25, -0.2) is 4.79 Å². The topological polar surface area (TPSA) is 67.6 Å². The van der Waals surface area contributed by atoms with Gasteiger partial charge in [-0.15, -0.1) is 11.3 Å². The normalized spacial score (nSPS) is 19.7. The molecule has 2 saturated heterocycles. The first-order chi connectivity index (χ1) is 13.0. The van der Waals surface area contributed by atoms with E-state index < -0.39 is 0 Å². The van der Waals surface area contributed by atoms with Crippen molar-refractivity contribution in [2.45, 2.75) is 38.1 Å². The molecule has 8 heteroatoms. The van der Waals surface area contributed by atoms with E-state index in [9.17, 15) is 14.4 Å². The van der Waals surface area contributed by atoms with E-state index in [1.807, 2.05) is 4.90 Å². The van der Waals surface area contributed by atoms with Crippen LogP contribution >= 0.6 is 11.3 Å². The first-order valence-corrected chi connectivity index (χ1v) is 10.5. The van der Waals surface area contributed by atoms with Crippen molar-refractivity contribution in [1.82, 2.24) is 18.9 Å². The highest BCUT2D eigenvalue weighted by atomic mass is 32.1. The summed E-state index contributed by atoms with van der Waals surface area (Å²) in [5.41, 5.74) is -0.706. The molecule has 0 radical (unpaired) electrons. The van der Waals surface area contributed by atoms with Crippen molar-refractivity contribution < 1.29 is 4.79 Å². The number of piperidine rings is 2. The second-order valence-electron chi connectivity index (χ2n) is 7.66. The SMILES string of the molecule is Cn1c(=O)c2cc(C(=O)N3CCC(N4CCCCC4)CC3)sc2n(C)c1=O. The molecule has 27 heavy (non-hydrogen) atoms. The number of aryl methyl sites for hydroxylation is 1. The average molecular weight is 391 g/mol. The quantitative estimate of drug-likeness (QED) is 0.777. The Kier molecular flexibility index (Phi) is 4.94. The summed E-state index contributed by atoms with van der Waals surface area (Å²) in [6, 6.07) is 2.24. The summed E-state index contributed by atoms with van der Waals surface area (Å²) in [7, 11) is 3.10. The van der Waals surface area contributed by atoms with Crippen molar-refractivity contribution in [3.63, 3.8) is 0 Å². The second-order valence-corrected chi connectivity index (χ2v) is 8.69. The third kappa shape index (κ3) is 3.25. The third-order valence-corrected chi connectivity index (χ3v) is 7.20. The van der Waals surface area contributed by atoms with E-state index in [1.54, 1.807) is 13.1 Å². The van der Waals surface area contributed by atoms with Gasteiger partial charge in [0.15, 0.2) is 0 Å². The van der Waals surface area contributed by atoms with Crippen LogP contribution in [0.2, 0.25) is 0 Å². The van der Waals surface area contributed by atoms with Gasteiger partial charge in [0, 0.05) is 33.2 Å². The van der Waals surface area contributed by atoms with Gasteiger partial charge >= 0.3 is 5.69 Å². The highest BCUT2D eigenvalue weighted by Crippen LogP contribution is 2.26. The van der Waals surface area contributed by atoms with Crippen LogP contribution in [0.15, 0.2) is 15.7 Å². The second kappa shape index (κ2) is 7.24. The molecule has 0 spiro atoms. The molecule has 1 amide bonds. The molecule has 4 heterocycles. The third-order valence-electron chi connectivity index (χ3n) is 6.00. The molecule has 7 nitrogen and oxygen atoms in total. The summed E-state index contributed by atoms with van der Waals surface area (Å²) >= 11 is 1.24. The van der Waals surface area contributed by atoms with Crippen LogP contribution in [-0.2, 0) is 14.1 Å². The number of hydrogen-bond acceptors (Lipinski definition) is 5. The highest BCUT2D eigenvalue weighted by molar-refractivity contribution is 7.20. The predicted molar refractivity (Wildman–Crippen MR) is 107 cm³/mol. The van der Waals surface area contributed by atoms with E-state index in [0.717, 1.165) is 30.5 Å². The van der Waals surface area contributed by atoms with E-state index in [2.05, 4.69) is 4.90 Å². The minimum atomic E-state index is -0.365. The number of fused-ring (bicyclic) bond motifs is 1. The number of carbonyl (C=O) groups is 1. The molecule has 146 valence electrons. The Morgan fingerprint density at radius 1 is 1.00 bits per heavy atom. The molecule has 0 aliphatic carbocycles. The van der Waals surface area contributed by atoms with Gasteiger partial charge in [0.05, 0.1) is 10.3 Å². The zero-order valence-corrected chi connectivity index (χ0v) is 16.8. The lowest BCUT2D eigenvalue weighted by Crippen LogP contribution is -2.48. The van der Waals surface area contributed by atoms with Crippen molar-refractivity contribution in [1.29, 1.82) is 0 Å². The zero-order valence-electron chi connectivity index (χ0n) is 15.9. The maximum atomic E-state index is 13.0. The van der Waals surface area contributed by atoms with Crippen LogP contribution in [0.4, 0.5) is 0 Å². The monoisotopic (exact) mass is 390 g/mol. The van der Waals surface area contributed by atoms with Gasteiger partial charge < -0.3 is 9.80 Å². The Balaban J connectivity index is 1.52. The van der Waals surface area contributed by atoms with Crippen LogP contribution in [0.1, 0.15) is 41.8 Å². The molecule has 0 saturated carbocycles. The molecule has 0 unspecified atom stereocenters. The molecule has 0 bridgehead atoms. The summed E-state index contributed by atoms with van der Waals surface area (Å²) < 4.78 is 2.54. The fourth-order valence-electron chi connectivity index (χ4n) is 4.34. The van der Waals surface area contributed by atoms with Crippen molar-refractivity contribution in [2.24, 2.45) is 14.1 Å². The summed E-state index contributed by atoms with van der Waals surface area (Å²) in [5, 5.41) is 0.441. The minimum absolute atomic E-state index is 0.0252. The number of likely N-dealkylation sites (tertiary alicyclic amines) is 2. The van der Waals surface area contributed by atoms with Gasteiger partial charge in [-0.1, -0.05) is 6.42 Å². The Hall–Kier alpha value is -1.93. The molecule has 2 aliphatic rings. The summed E-state index contributed by atoms with van der Waals surface area (Å²) in [4.78, 5) is 43.0. The average Bonchev–Trinajstić information content (AvgIpc) is 3.16.